The maximum atomic E-state index is 12.5. The largest absolute Gasteiger partial charge is 0.372 e. The second-order valence-corrected chi connectivity index (χ2v) is 6.96. The molecular weight excluding hydrogens is 320 g/mol. The van der Waals surface area contributed by atoms with Gasteiger partial charge in [0.15, 0.2) is 0 Å². The SMILES string of the molecule is O=C(Cc1cccc2ccccc12)Nc1ccc(N2CCCCC2)cc1. The van der Waals surface area contributed by atoms with Crippen molar-refractivity contribution in [1.29, 1.82) is 0 Å². The van der Waals surface area contributed by atoms with E-state index in [2.05, 4.69) is 40.5 Å². The van der Waals surface area contributed by atoms with Gasteiger partial charge in [0, 0.05) is 24.5 Å². The van der Waals surface area contributed by atoms with Gasteiger partial charge in [-0.1, -0.05) is 42.5 Å². The van der Waals surface area contributed by atoms with E-state index in [1.54, 1.807) is 0 Å². The molecule has 132 valence electrons. The quantitative estimate of drug-likeness (QED) is 0.721. The lowest BCUT2D eigenvalue weighted by Crippen LogP contribution is -2.29. The van der Waals surface area contributed by atoms with Gasteiger partial charge < -0.3 is 10.2 Å². The maximum Gasteiger partial charge on any atom is 0.228 e. The lowest BCUT2D eigenvalue weighted by atomic mass is 10.0. The Balaban J connectivity index is 1.43. The first-order valence-corrected chi connectivity index (χ1v) is 9.41. The van der Waals surface area contributed by atoms with E-state index >= 15 is 0 Å². The van der Waals surface area contributed by atoms with Crippen LogP contribution in [0.3, 0.4) is 0 Å². The van der Waals surface area contributed by atoms with Crippen molar-refractivity contribution < 1.29 is 4.79 Å². The highest BCUT2D eigenvalue weighted by molar-refractivity contribution is 5.96. The summed E-state index contributed by atoms with van der Waals surface area (Å²) in [5.74, 6) is 0.0204. The highest BCUT2D eigenvalue weighted by Crippen LogP contribution is 2.23. The highest BCUT2D eigenvalue weighted by atomic mass is 16.1. The summed E-state index contributed by atoms with van der Waals surface area (Å²) in [6.07, 6.45) is 4.25. The Morgan fingerprint density at radius 2 is 1.58 bits per heavy atom. The molecule has 1 fully saturated rings. The number of nitrogens with one attached hydrogen (secondary N) is 1. The molecule has 0 aromatic heterocycles. The molecular formula is C23H24N2O. The molecule has 0 aliphatic carbocycles. The minimum Gasteiger partial charge on any atom is -0.372 e. The Kier molecular flexibility index (Phi) is 4.87. The zero-order valence-electron chi connectivity index (χ0n) is 14.9. The summed E-state index contributed by atoms with van der Waals surface area (Å²) in [6, 6.07) is 22.5. The number of hydrogen-bond donors (Lipinski definition) is 1. The second kappa shape index (κ2) is 7.61. The molecule has 4 rings (SSSR count). The Hall–Kier alpha value is -2.81. The molecule has 1 heterocycles. The monoisotopic (exact) mass is 344 g/mol. The number of rotatable bonds is 4. The summed E-state index contributed by atoms with van der Waals surface area (Å²) in [5.41, 5.74) is 3.17. The maximum absolute atomic E-state index is 12.5. The first-order chi connectivity index (χ1) is 12.8. The molecule has 3 nitrogen and oxygen atoms in total. The van der Waals surface area contributed by atoms with Gasteiger partial charge in [0.1, 0.15) is 0 Å². The minimum absolute atomic E-state index is 0.0204. The van der Waals surface area contributed by atoms with E-state index in [1.165, 1.54) is 30.3 Å². The average molecular weight is 344 g/mol. The van der Waals surface area contributed by atoms with Crippen molar-refractivity contribution in [1.82, 2.24) is 0 Å². The van der Waals surface area contributed by atoms with E-state index in [-0.39, 0.29) is 5.91 Å². The molecule has 0 saturated carbocycles. The summed E-state index contributed by atoms with van der Waals surface area (Å²) in [7, 11) is 0. The molecule has 0 atom stereocenters. The number of anilines is 2. The molecule has 0 bridgehead atoms. The topological polar surface area (TPSA) is 32.3 Å². The van der Waals surface area contributed by atoms with Crippen molar-refractivity contribution in [2.45, 2.75) is 25.7 Å². The van der Waals surface area contributed by atoms with Crippen LogP contribution in [-0.2, 0) is 11.2 Å². The summed E-state index contributed by atoms with van der Waals surface area (Å²) < 4.78 is 0. The van der Waals surface area contributed by atoms with Crippen molar-refractivity contribution >= 4 is 28.1 Å². The van der Waals surface area contributed by atoms with Crippen LogP contribution in [0.25, 0.3) is 10.8 Å². The van der Waals surface area contributed by atoms with Gasteiger partial charge in [-0.25, -0.2) is 0 Å². The van der Waals surface area contributed by atoms with Crippen LogP contribution < -0.4 is 10.2 Å². The molecule has 0 spiro atoms. The number of carbonyl (C=O) groups is 1. The third-order valence-corrected chi connectivity index (χ3v) is 5.10. The summed E-state index contributed by atoms with van der Waals surface area (Å²) in [6.45, 7) is 2.26. The standard InChI is InChI=1S/C23H24N2O/c26-23(17-19-9-6-8-18-7-2-3-10-22(18)19)24-20-11-13-21(14-12-20)25-15-4-1-5-16-25/h2-3,6-14H,1,4-5,15-17H2,(H,24,26). The average Bonchev–Trinajstić information content (AvgIpc) is 2.69. The molecule has 1 N–H and O–H groups in total. The Bertz CT molecular complexity index is 890. The molecule has 3 heteroatoms. The minimum atomic E-state index is 0.0204. The lowest BCUT2D eigenvalue weighted by molar-refractivity contribution is -0.115. The van der Waals surface area contributed by atoms with Crippen LogP contribution in [0.1, 0.15) is 24.8 Å². The van der Waals surface area contributed by atoms with Gasteiger partial charge in [-0.15, -0.1) is 0 Å². The van der Waals surface area contributed by atoms with Crippen molar-refractivity contribution in [3.8, 4) is 0 Å². The van der Waals surface area contributed by atoms with E-state index in [0.717, 1.165) is 29.7 Å². The Labute approximate surface area is 154 Å². The number of carbonyl (C=O) groups excluding carboxylic acids is 1. The summed E-state index contributed by atoms with van der Waals surface area (Å²) >= 11 is 0. The van der Waals surface area contributed by atoms with Gasteiger partial charge in [0.25, 0.3) is 0 Å². The van der Waals surface area contributed by atoms with Crippen LogP contribution in [0.2, 0.25) is 0 Å². The van der Waals surface area contributed by atoms with Gasteiger partial charge in [-0.05, 0) is 59.9 Å². The van der Waals surface area contributed by atoms with Gasteiger partial charge in [-0.2, -0.15) is 0 Å². The number of hydrogen-bond acceptors (Lipinski definition) is 2. The number of fused-ring (bicyclic) bond motifs is 1. The molecule has 1 saturated heterocycles. The van der Waals surface area contributed by atoms with Crippen LogP contribution in [0, 0.1) is 0 Å². The van der Waals surface area contributed by atoms with Crippen molar-refractivity contribution in [2.75, 3.05) is 23.3 Å². The summed E-state index contributed by atoms with van der Waals surface area (Å²) in [5, 5.41) is 5.34. The van der Waals surface area contributed by atoms with Gasteiger partial charge in [-0.3, -0.25) is 4.79 Å². The van der Waals surface area contributed by atoms with E-state index in [9.17, 15) is 4.79 Å². The summed E-state index contributed by atoms with van der Waals surface area (Å²) in [4.78, 5) is 14.9. The van der Waals surface area contributed by atoms with Gasteiger partial charge in [0.05, 0.1) is 6.42 Å². The fraction of sp³-hybridized carbons (Fsp3) is 0.261. The third-order valence-electron chi connectivity index (χ3n) is 5.10. The molecule has 3 aromatic carbocycles. The van der Waals surface area contributed by atoms with Gasteiger partial charge >= 0.3 is 0 Å². The van der Waals surface area contributed by atoms with E-state index in [0.29, 0.717) is 6.42 Å². The predicted octanol–water partition coefficient (Wildman–Crippen LogP) is 5.01. The van der Waals surface area contributed by atoms with Crippen LogP contribution in [-0.4, -0.2) is 19.0 Å². The molecule has 1 aliphatic rings. The molecule has 3 aromatic rings. The van der Waals surface area contributed by atoms with Crippen molar-refractivity contribution in [2.24, 2.45) is 0 Å². The van der Waals surface area contributed by atoms with Crippen molar-refractivity contribution in [3.63, 3.8) is 0 Å². The van der Waals surface area contributed by atoms with Crippen LogP contribution in [0.15, 0.2) is 66.7 Å². The predicted molar refractivity (Wildman–Crippen MR) is 109 cm³/mol. The Morgan fingerprint density at radius 3 is 2.38 bits per heavy atom. The fourth-order valence-corrected chi connectivity index (χ4v) is 3.73. The smallest absolute Gasteiger partial charge is 0.228 e. The molecule has 26 heavy (non-hydrogen) atoms. The number of piperidine rings is 1. The third kappa shape index (κ3) is 3.72. The van der Waals surface area contributed by atoms with Crippen LogP contribution in [0.5, 0.6) is 0 Å². The first-order valence-electron chi connectivity index (χ1n) is 9.41. The number of amides is 1. The Morgan fingerprint density at radius 1 is 0.846 bits per heavy atom. The molecule has 1 amide bonds. The zero-order valence-corrected chi connectivity index (χ0v) is 14.9. The lowest BCUT2D eigenvalue weighted by Gasteiger charge is -2.28. The fourth-order valence-electron chi connectivity index (χ4n) is 3.73. The van der Waals surface area contributed by atoms with Gasteiger partial charge in [0.2, 0.25) is 5.91 Å². The van der Waals surface area contributed by atoms with E-state index < -0.39 is 0 Å². The number of nitrogens with zero attached hydrogens (tertiary/aromatic N) is 1. The van der Waals surface area contributed by atoms with Crippen LogP contribution >= 0.6 is 0 Å². The second-order valence-electron chi connectivity index (χ2n) is 6.96. The van der Waals surface area contributed by atoms with Crippen molar-refractivity contribution in [3.05, 3.63) is 72.3 Å². The molecule has 0 unspecified atom stereocenters. The highest BCUT2D eigenvalue weighted by Gasteiger charge is 2.11. The first kappa shape index (κ1) is 16.6. The number of benzene rings is 3. The van der Waals surface area contributed by atoms with E-state index in [1.807, 2.05) is 36.4 Å². The normalized spacial score (nSPS) is 14.4. The zero-order chi connectivity index (χ0) is 17.8. The molecule has 0 radical (unpaired) electrons. The molecule has 1 aliphatic heterocycles. The van der Waals surface area contributed by atoms with E-state index in [4.69, 9.17) is 0 Å². The van der Waals surface area contributed by atoms with Crippen LogP contribution in [0.4, 0.5) is 11.4 Å².